The van der Waals surface area contributed by atoms with Crippen LogP contribution in [0, 0.1) is 0 Å². The van der Waals surface area contributed by atoms with Gasteiger partial charge in [0.15, 0.2) is 5.79 Å². The third kappa shape index (κ3) is 1.96. The summed E-state index contributed by atoms with van der Waals surface area (Å²) in [5.41, 5.74) is 0. The molecule has 4 rings (SSSR count). The van der Waals surface area contributed by atoms with Crippen LogP contribution in [0.1, 0.15) is 12.8 Å². The molecule has 0 N–H and O–H groups in total. The molecule has 0 saturated carbocycles. The second-order valence-corrected chi connectivity index (χ2v) is 5.45. The van der Waals surface area contributed by atoms with Crippen molar-refractivity contribution in [2.45, 2.75) is 18.6 Å². The molecule has 2 aliphatic rings. The number of hydrogen-bond acceptors (Lipinski definition) is 4. The highest BCUT2D eigenvalue weighted by Crippen LogP contribution is 2.34. The molecule has 20 heavy (non-hydrogen) atoms. The Morgan fingerprint density at radius 2 is 1.75 bits per heavy atom. The number of aromatic nitrogens is 1. The Morgan fingerprint density at radius 1 is 1.00 bits per heavy atom. The Morgan fingerprint density at radius 3 is 2.55 bits per heavy atom. The quantitative estimate of drug-likeness (QED) is 0.797. The Bertz CT molecular complexity index is 607. The number of nitrogens with zero attached hydrogens (tertiary/aromatic N) is 2. The number of benzene rings is 1. The van der Waals surface area contributed by atoms with Crippen molar-refractivity contribution in [1.29, 1.82) is 0 Å². The van der Waals surface area contributed by atoms with Crippen LogP contribution in [-0.4, -0.2) is 37.1 Å². The van der Waals surface area contributed by atoms with Crippen molar-refractivity contribution in [3.63, 3.8) is 0 Å². The maximum atomic E-state index is 5.78. The van der Waals surface area contributed by atoms with Gasteiger partial charge in [-0.25, -0.2) is 4.98 Å². The number of ether oxygens (including phenoxy) is 2. The Labute approximate surface area is 118 Å². The van der Waals surface area contributed by atoms with Gasteiger partial charge in [-0.1, -0.05) is 24.3 Å². The fourth-order valence-corrected chi connectivity index (χ4v) is 3.20. The molecule has 0 bridgehead atoms. The number of hydrogen-bond donors (Lipinski definition) is 0. The molecule has 1 aromatic carbocycles. The highest BCUT2D eigenvalue weighted by Gasteiger charge is 2.40. The minimum Gasteiger partial charge on any atom is -0.356 e. The summed E-state index contributed by atoms with van der Waals surface area (Å²) in [6, 6.07) is 10.5. The Hall–Kier alpha value is -1.65. The van der Waals surface area contributed by atoms with E-state index in [1.165, 1.54) is 10.8 Å². The van der Waals surface area contributed by atoms with E-state index >= 15 is 0 Å². The maximum Gasteiger partial charge on any atom is 0.171 e. The van der Waals surface area contributed by atoms with Gasteiger partial charge in [0.1, 0.15) is 5.82 Å². The van der Waals surface area contributed by atoms with Gasteiger partial charge in [-0.3, -0.25) is 0 Å². The molecular weight excluding hydrogens is 252 g/mol. The molecule has 2 aromatic rings. The van der Waals surface area contributed by atoms with Crippen LogP contribution in [0.25, 0.3) is 10.8 Å². The van der Waals surface area contributed by atoms with Crippen LogP contribution in [-0.2, 0) is 9.47 Å². The average Bonchev–Trinajstić information content (AvgIpc) is 2.96. The highest BCUT2D eigenvalue weighted by molar-refractivity contribution is 5.92. The van der Waals surface area contributed by atoms with E-state index in [1.54, 1.807) is 0 Å². The predicted molar refractivity (Wildman–Crippen MR) is 77.8 cm³/mol. The van der Waals surface area contributed by atoms with Crippen LogP contribution < -0.4 is 4.90 Å². The fourth-order valence-electron chi connectivity index (χ4n) is 3.20. The Kier molecular flexibility index (Phi) is 2.86. The van der Waals surface area contributed by atoms with E-state index in [0.29, 0.717) is 0 Å². The standard InChI is InChI=1S/C16H18N2O2/c1-2-4-14-13(3-1)5-8-17-15(14)18-9-6-16(7-10-18)19-11-12-20-16/h1-5,8H,6-7,9-12H2. The lowest BCUT2D eigenvalue weighted by molar-refractivity contribution is -0.169. The largest absolute Gasteiger partial charge is 0.356 e. The second-order valence-electron chi connectivity index (χ2n) is 5.45. The molecule has 1 spiro atoms. The smallest absolute Gasteiger partial charge is 0.171 e. The third-order valence-electron chi connectivity index (χ3n) is 4.29. The van der Waals surface area contributed by atoms with E-state index in [9.17, 15) is 0 Å². The lowest BCUT2D eigenvalue weighted by atomic mass is 10.0. The first-order chi connectivity index (χ1) is 9.86. The van der Waals surface area contributed by atoms with Gasteiger partial charge in [-0.15, -0.1) is 0 Å². The van der Waals surface area contributed by atoms with E-state index < -0.39 is 0 Å². The molecule has 0 atom stereocenters. The summed E-state index contributed by atoms with van der Waals surface area (Å²) < 4.78 is 11.6. The number of pyridine rings is 1. The molecule has 1 aromatic heterocycles. The first kappa shape index (κ1) is 12.1. The summed E-state index contributed by atoms with van der Waals surface area (Å²) in [4.78, 5) is 6.94. The molecule has 3 heterocycles. The van der Waals surface area contributed by atoms with Crippen LogP contribution in [0.5, 0.6) is 0 Å². The van der Waals surface area contributed by atoms with Crippen molar-refractivity contribution >= 4 is 16.6 Å². The monoisotopic (exact) mass is 270 g/mol. The van der Waals surface area contributed by atoms with Crippen molar-refractivity contribution in [3.8, 4) is 0 Å². The van der Waals surface area contributed by atoms with Crippen molar-refractivity contribution in [2.75, 3.05) is 31.2 Å². The topological polar surface area (TPSA) is 34.6 Å². The minimum absolute atomic E-state index is 0.318. The molecule has 2 fully saturated rings. The van der Waals surface area contributed by atoms with E-state index in [1.807, 2.05) is 6.20 Å². The minimum atomic E-state index is -0.318. The van der Waals surface area contributed by atoms with Gasteiger partial charge in [0, 0.05) is 37.5 Å². The SMILES string of the molecule is c1ccc2c(N3CCC4(CC3)OCCO4)nccc2c1. The molecule has 4 heteroatoms. The molecule has 0 amide bonds. The van der Waals surface area contributed by atoms with Gasteiger partial charge in [-0.2, -0.15) is 0 Å². The number of fused-ring (bicyclic) bond motifs is 1. The van der Waals surface area contributed by atoms with Crippen LogP contribution in [0.2, 0.25) is 0 Å². The van der Waals surface area contributed by atoms with Crippen molar-refractivity contribution < 1.29 is 9.47 Å². The Balaban J connectivity index is 1.61. The summed E-state index contributed by atoms with van der Waals surface area (Å²) in [5.74, 6) is 0.761. The van der Waals surface area contributed by atoms with Gasteiger partial charge in [-0.05, 0) is 11.5 Å². The van der Waals surface area contributed by atoms with Crippen molar-refractivity contribution in [1.82, 2.24) is 4.98 Å². The zero-order valence-corrected chi connectivity index (χ0v) is 11.4. The first-order valence-corrected chi connectivity index (χ1v) is 7.23. The van der Waals surface area contributed by atoms with Gasteiger partial charge in [0.2, 0.25) is 0 Å². The summed E-state index contributed by atoms with van der Waals surface area (Å²) in [7, 11) is 0. The van der Waals surface area contributed by atoms with Gasteiger partial charge in [0.05, 0.1) is 13.2 Å². The van der Waals surface area contributed by atoms with Gasteiger partial charge >= 0.3 is 0 Å². The molecule has 0 radical (unpaired) electrons. The first-order valence-electron chi connectivity index (χ1n) is 7.23. The molecular formula is C16H18N2O2. The molecule has 2 aliphatic heterocycles. The molecule has 4 nitrogen and oxygen atoms in total. The zero-order chi connectivity index (χ0) is 13.4. The van der Waals surface area contributed by atoms with E-state index in [2.05, 4.69) is 40.2 Å². The maximum absolute atomic E-state index is 5.78. The predicted octanol–water partition coefficient (Wildman–Crippen LogP) is 2.58. The summed E-state index contributed by atoms with van der Waals surface area (Å²) >= 11 is 0. The van der Waals surface area contributed by atoms with Crippen LogP contribution in [0.3, 0.4) is 0 Å². The van der Waals surface area contributed by atoms with Crippen molar-refractivity contribution in [2.24, 2.45) is 0 Å². The van der Waals surface area contributed by atoms with E-state index in [-0.39, 0.29) is 5.79 Å². The number of anilines is 1. The summed E-state index contributed by atoms with van der Waals surface area (Å²) in [6.07, 6.45) is 3.72. The lowest BCUT2D eigenvalue weighted by Gasteiger charge is -2.38. The lowest BCUT2D eigenvalue weighted by Crippen LogP contribution is -2.45. The number of piperidine rings is 1. The van der Waals surface area contributed by atoms with Gasteiger partial charge < -0.3 is 14.4 Å². The van der Waals surface area contributed by atoms with Crippen LogP contribution >= 0.6 is 0 Å². The fraction of sp³-hybridized carbons (Fsp3) is 0.438. The van der Waals surface area contributed by atoms with Gasteiger partial charge in [0.25, 0.3) is 0 Å². The van der Waals surface area contributed by atoms with E-state index in [4.69, 9.17) is 9.47 Å². The summed E-state index contributed by atoms with van der Waals surface area (Å²) in [6.45, 7) is 3.32. The second kappa shape index (κ2) is 4.72. The van der Waals surface area contributed by atoms with Crippen LogP contribution in [0.15, 0.2) is 36.5 Å². The van der Waals surface area contributed by atoms with Crippen LogP contribution in [0.4, 0.5) is 5.82 Å². The summed E-state index contributed by atoms with van der Waals surface area (Å²) in [5, 5.41) is 2.46. The van der Waals surface area contributed by atoms with E-state index in [0.717, 1.165) is 45.0 Å². The molecule has 0 aliphatic carbocycles. The number of rotatable bonds is 1. The highest BCUT2D eigenvalue weighted by atomic mass is 16.7. The normalized spacial score (nSPS) is 21.7. The molecule has 0 unspecified atom stereocenters. The molecule has 104 valence electrons. The zero-order valence-electron chi connectivity index (χ0n) is 11.4. The van der Waals surface area contributed by atoms with Crippen molar-refractivity contribution in [3.05, 3.63) is 36.5 Å². The third-order valence-corrected chi connectivity index (χ3v) is 4.29. The molecule has 2 saturated heterocycles. The average molecular weight is 270 g/mol.